The summed E-state index contributed by atoms with van der Waals surface area (Å²) in [6.07, 6.45) is 0.562. The van der Waals surface area contributed by atoms with E-state index in [1.807, 2.05) is 13.8 Å². The Morgan fingerprint density at radius 1 is 1.26 bits per heavy atom. The molecule has 0 aliphatic rings. The van der Waals surface area contributed by atoms with Crippen molar-refractivity contribution in [1.29, 1.82) is 0 Å². The first-order valence-corrected chi connectivity index (χ1v) is 7.34. The molecule has 3 nitrogen and oxygen atoms in total. The Balaban J connectivity index is 2.31. The summed E-state index contributed by atoms with van der Waals surface area (Å²) in [6.45, 7) is 6.36. The monoisotopic (exact) mass is 333 g/mol. The van der Waals surface area contributed by atoms with Gasteiger partial charge in [0.25, 0.3) is 0 Å². The summed E-state index contributed by atoms with van der Waals surface area (Å²) < 4.78 is 25.2. The lowest BCUT2D eigenvalue weighted by Gasteiger charge is -2.17. The van der Waals surface area contributed by atoms with Crippen molar-refractivity contribution in [3.8, 4) is 0 Å². The quantitative estimate of drug-likeness (QED) is 0.554. The van der Waals surface area contributed by atoms with E-state index in [9.17, 15) is 4.39 Å². The van der Waals surface area contributed by atoms with Crippen molar-refractivity contribution < 1.29 is 13.9 Å². The first-order valence-electron chi connectivity index (χ1n) is 6.55. The van der Waals surface area contributed by atoms with Crippen LogP contribution in [-0.2, 0) is 16.0 Å². The molecule has 0 saturated heterocycles. The van der Waals surface area contributed by atoms with Gasteiger partial charge in [0, 0.05) is 42.8 Å². The first kappa shape index (κ1) is 16.6. The standard InChI is InChI=1S/C14H21BrFNO2/c1-3-18-14(19-4-2)7-8-17-10-11-9-12(15)5-6-13(11)16/h5-6,9,14,17H,3-4,7-8,10H2,1-2H3. The molecule has 1 rings (SSSR count). The van der Waals surface area contributed by atoms with Gasteiger partial charge in [-0.25, -0.2) is 4.39 Å². The third-order valence-corrected chi connectivity index (χ3v) is 3.08. The lowest BCUT2D eigenvalue weighted by Crippen LogP contribution is -2.24. The molecule has 0 radical (unpaired) electrons. The van der Waals surface area contributed by atoms with E-state index in [4.69, 9.17) is 9.47 Å². The van der Waals surface area contributed by atoms with Crippen molar-refractivity contribution in [3.05, 3.63) is 34.1 Å². The van der Waals surface area contributed by atoms with E-state index in [1.54, 1.807) is 12.1 Å². The fourth-order valence-electron chi connectivity index (χ4n) is 1.71. The minimum atomic E-state index is -0.193. The predicted octanol–water partition coefficient (Wildman–Crippen LogP) is 3.47. The van der Waals surface area contributed by atoms with Crippen LogP contribution in [-0.4, -0.2) is 26.0 Å². The molecule has 1 N–H and O–H groups in total. The van der Waals surface area contributed by atoms with Gasteiger partial charge in [-0.05, 0) is 32.0 Å². The lowest BCUT2D eigenvalue weighted by molar-refractivity contribution is -0.138. The molecule has 0 aliphatic carbocycles. The van der Waals surface area contributed by atoms with E-state index >= 15 is 0 Å². The summed E-state index contributed by atoms with van der Waals surface area (Å²) in [5.41, 5.74) is 0.652. The Hall–Kier alpha value is -0.490. The molecule has 0 unspecified atom stereocenters. The Bertz CT molecular complexity index is 370. The highest BCUT2D eigenvalue weighted by Gasteiger charge is 2.07. The maximum absolute atomic E-state index is 13.5. The van der Waals surface area contributed by atoms with E-state index < -0.39 is 0 Å². The fourth-order valence-corrected chi connectivity index (χ4v) is 2.12. The zero-order valence-corrected chi connectivity index (χ0v) is 13.0. The van der Waals surface area contributed by atoms with Gasteiger partial charge >= 0.3 is 0 Å². The summed E-state index contributed by atoms with van der Waals surface area (Å²) in [5, 5.41) is 3.20. The Kier molecular flexibility index (Phi) is 8.21. The second-order valence-corrected chi connectivity index (χ2v) is 4.96. The number of hydrogen-bond donors (Lipinski definition) is 1. The minimum absolute atomic E-state index is 0.185. The summed E-state index contributed by atoms with van der Waals surface area (Å²) in [7, 11) is 0. The number of rotatable bonds is 9. The summed E-state index contributed by atoms with van der Waals surface area (Å²) in [5.74, 6) is -0.193. The van der Waals surface area contributed by atoms with E-state index in [2.05, 4.69) is 21.2 Å². The van der Waals surface area contributed by atoms with Crippen LogP contribution in [0.25, 0.3) is 0 Å². The van der Waals surface area contributed by atoms with Gasteiger partial charge in [0.1, 0.15) is 5.82 Å². The molecule has 0 aliphatic heterocycles. The van der Waals surface area contributed by atoms with Crippen LogP contribution in [0.5, 0.6) is 0 Å². The molecule has 0 spiro atoms. The Morgan fingerprint density at radius 2 is 1.95 bits per heavy atom. The number of hydrogen-bond acceptors (Lipinski definition) is 3. The lowest BCUT2D eigenvalue weighted by atomic mass is 10.2. The van der Waals surface area contributed by atoms with E-state index in [0.29, 0.717) is 25.3 Å². The predicted molar refractivity (Wildman–Crippen MR) is 77.5 cm³/mol. The van der Waals surface area contributed by atoms with Crippen LogP contribution in [0.1, 0.15) is 25.8 Å². The van der Waals surface area contributed by atoms with Gasteiger partial charge in [0.05, 0.1) is 0 Å². The number of halogens is 2. The van der Waals surface area contributed by atoms with Gasteiger partial charge in [0.15, 0.2) is 6.29 Å². The molecule has 108 valence electrons. The van der Waals surface area contributed by atoms with E-state index in [0.717, 1.165) is 17.4 Å². The zero-order valence-electron chi connectivity index (χ0n) is 11.4. The van der Waals surface area contributed by atoms with Crippen molar-refractivity contribution in [2.45, 2.75) is 33.1 Å². The van der Waals surface area contributed by atoms with Crippen LogP contribution in [0.15, 0.2) is 22.7 Å². The van der Waals surface area contributed by atoms with Gasteiger partial charge in [0.2, 0.25) is 0 Å². The van der Waals surface area contributed by atoms with Crippen molar-refractivity contribution >= 4 is 15.9 Å². The molecule has 0 aromatic heterocycles. The SMILES string of the molecule is CCOC(CCNCc1cc(Br)ccc1F)OCC. The highest BCUT2D eigenvalue weighted by molar-refractivity contribution is 9.10. The van der Waals surface area contributed by atoms with Crippen molar-refractivity contribution in [2.24, 2.45) is 0 Å². The van der Waals surface area contributed by atoms with E-state index in [1.165, 1.54) is 6.07 Å². The van der Waals surface area contributed by atoms with E-state index in [-0.39, 0.29) is 12.1 Å². The van der Waals surface area contributed by atoms with Gasteiger partial charge in [-0.1, -0.05) is 15.9 Å². The van der Waals surface area contributed by atoms with Crippen LogP contribution in [0.2, 0.25) is 0 Å². The molecular formula is C14H21BrFNO2. The average molecular weight is 334 g/mol. The molecule has 1 aromatic rings. The summed E-state index contributed by atoms with van der Waals surface area (Å²) in [6, 6.07) is 4.94. The normalized spacial score (nSPS) is 11.2. The molecule has 1 aromatic carbocycles. The van der Waals surface area contributed by atoms with Crippen molar-refractivity contribution in [2.75, 3.05) is 19.8 Å². The Morgan fingerprint density at radius 3 is 2.58 bits per heavy atom. The van der Waals surface area contributed by atoms with Gasteiger partial charge in [-0.3, -0.25) is 0 Å². The maximum Gasteiger partial charge on any atom is 0.158 e. The smallest absolute Gasteiger partial charge is 0.158 e. The topological polar surface area (TPSA) is 30.5 Å². The average Bonchev–Trinajstić information content (AvgIpc) is 2.39. The highest BCUT2D eigenvalue weighted by Crippen LogP contribution is 2.15. The highest BCUT2D eigenvalue weighted by atomic mass is 79.9. The summed E-state index contributed by atoms with van der Waals surface area (Å²) >= 11 is 3.34. The second-order valence-electron chi connectivity index (χ2n) is 4.04. The molecule has 0 fully saturated rings. The van der Waals surface area contributed by atoms with Crippen LogP contribution >= 0.6 is 15.9 Å². The number of nitrogens with one attached hydrogen (secondary N) is 1. The molecule has 0 saturated carbocycles. The molecule has 0 amide bonds. The van der Waals surface area contributed by atoms with Crippen LogP contribution < -0.4 is 5.32 Å². The summed E-state index contributed by atoms with van der Waals surface area (Å²) in [4.78, 5) is 0. The Labute approximate surface area is 122 Å². The third-order valence-electron chi connectivity index (χ3n) is 2.59. The minimum Gasteiger partial charge on any atom is -0.353 e. The first-order chi connectivity index (χ1) is 9.17. The van der Waals surface area contributed by atoms with Gasteiger partial charge in [-0.2, -0.15) is 0 Å². The van der Waals surface area contributed by atoms with Crippen LogP contribution in [0, 0.1) is 5.82 Å². The molecule has 5 heteroatoms. The van der Waals surface area contributed by atoms with Crippen LogP contribution in [0.3, 0.4) is 0 Å². The molecular weight excluding hydrogens is 313 g/mol. The van der Waals surface area contributed by atoms with Crippen molar-refractivity contribution in [1.82, 2.24) is 5.32 Å². The van der Waals surface area contributed by atoms with Gasteiger partial charge in [-0.15, -0.1) is 0 Å². The molecule has 19 heavy (non-hydrogen) atoms. The largest absolute Gasteiger partial charge is 0.353 e. The zero-order chi connectivity index (χ0) is 14.1. The second kappa shape index (κ2) is 9.42. The molecule has 0 heterocycles. The van der Waals surface area contributed by atoms with Crippen LogP contribution in [0.4, 0.5) is 4.39 Å². The fraction of sp³-hybridized carbons (Fsp3) is 0.571. The third kappa shape index (κ3) is 6.47. The molecule has 0 bridgehead atoms. The van der Waals surface area contributed by atoms with Gasteiger partial charge < -0.3 is 14.8 Å². The number of benzene rings is 1. The number of ether oxygens (including phenoxy) is 2. The van der Waals surface area contributed by atoms with Crippen molar-refractivity contribution in [3.63, 3.8) is 0 Å². The molecule has 0 atom stereocenters. The maximum atomic E-state index is 13.5.